The van der Waals surface area contributed by atoms with Crippen molar-refractivity contribution in [1.82, 2.24) is 10.6 Å². The van der Waals surface area contributed by atoms with Gasteiger partial charge in [0.15, 0.2) is 5.96 Å². The summed E-state index contributed by atoms with van der Waals surface area (Å²) >= 11 is 0. The Morgan fingerprint density at radius 1 is 1.07 bits per heavy atom. The first-order valence-corrected chi connectivity index (χ1v) is 9.02. The highest BCUT2D eigenvalue weighted by molar-refractivity contribution is 14.0. The number of aliphatic imine (C=N–C) groups is 1. The van der Waals surface area contributed by atoms with Crippen molar-refractivity contribution in [3.8, 4) is 0 Å². The SMILES string of the molecule is CCOCCOCc1cccc(CNC(=NC)NCCc2ccco2)c1.I. The zero-order valence-electron chi connectivity index (χ0n) is 16.1. The molecule has 2 aromatic rings. The van der Waals surface area contributed by atoms with Gasteiger partial charge < -0.3 is 24.5 Å². The molecule has 1 heterocycles. The van der Waals surface area contributed by atoms with E-state index in [1.54, 1.807) is 13.3 Å². The van der Waals surface area contributed by atoms with Crippen molar-refractivity contribution in [2.75, 3.05) is 33.4 Å². The first-order chi connectivity index (χ1) is 12.8. The molecule has 0 radical (unpaired) electrons. The van der Waals surface area contributed by atoms with Gasteiger partial charge in [-0.3, -0.25) is 4.99 Å². The van der Waals surface area contributed by atoms with Crippen LogP contribution in [-0.4, -0.2) is 39.4 Å². The normalized spacial score (nSPS) is 11.1. The van der Waals surface area contributed by atoms with Gasteiger partial charge in [-0.05, 0) is 30.2 Å². The lowest BCUT2D eigenvalue weighted by Crippen LogP contribution is -2.37. The average molecular weight is 487 g/mol. The minimum Gasteiger partial charge on any atom is -0.469 e. The Hall–Kier alpha value is -1.58. The van der Waals surface area contributed by atoms with Crippen LogP contribution in [0, 0.1) is 0 Å². The first kappa shape index (κ1) is 23.5. The van der Waals surface area contributed by atoms with Crippen LogP contribution < -0.4 is 10.6 Å². The van der Waals surface area contributed by atoms with Crippen LogP contribution in [0.1, 0.15) is 23.8 Å². The van der Waals surface area contributed by atoms with Crippen LogP contribution in [0.3, 0.4) is 0 Å². The zero-order chi connectivity index (χ0) is 18.5. The maximum absolute atomic E-state index is 5.62. The summed E-state index contributed by atoms with van der Waals surface area (Å²) in [6.45, 7) is 6.02. The first-order valence-electron chi connectivity index (χ1n) is 9.02. The molecule has 0 aliphatic carbocycles. The molecule has 0 aliphatic heterocycles. The quantitative estimate of drug-likeness (QED) is 0.220. The van der Waals surface area contributed by atoms with E-state index in [1.807, 2.05) is 25.1 Å². The van der Waals surface area contributed by atoms with E-state index in [4.69, 9.17) is 13.9 Å². The van der Waals surface area contributed by atoms with Crippen LogP contribution in [0.5, 0.6) is 0 Å². The van der Waals surface area contributed by atoms with Crippen LogP contribution in [0.15, 0.2) is 52.1 Å². The van der Waals surface area contributed by atoms with E-state index >= 15 is 0 Å². The Morgan fingerprint density at radius 3 is 2.63 bits per heavy atom. The molecule has 0 saturated heterocycles. The average Bonchev–Trinajstić information content (AvgIpc) is 3.18. The van der Waals surface area contributed by atoms with Gasteiger partial charge in [0.25, 0.3) is 0 Å². The molecule has 0 saturated carbocycles. The lowest BCUT2D eigenvalue weighted by Gasteiger charge is -2.12. The van der Waals surface area contributed by atoms with Gasteiger partial charge in [-0.1, -0.05) is 24.3 Å². The fourth-order valence-electron chi connectivity index (χ4n) is 2.45. The second-order valence-corrected chi connectivity index (χ2v) is 5.75. The molecule has 150 valence electrons. The predicted molar refractivity (Wildman–Crippen MR) is 119 cm³/mol. The predicted octanol–water partition coefficient (Wildman–Crippen LogP) is 3.36. The molecule has 0 aliphatic rings. The zero-order valence-corrected chi connectivity index (χ0v) is 18.4. The summed E-state index contributed by atoms with van der Waals surface area (Å²) in [5, 5.41) is 6.61. The van der Waals surface area contributed by atoms with Crippen LogP contribution >= 0.6 is 24.0 Å². The molecule has 0 fully saturated rings. The number of hydrogen-bond donors (Lipinski definition) is 2. The van der Waals surface area contributed by atoms with Gasteiger partial charge in [0.2, 0.25) is 0 Å². The van der Waals surface area contributed by atoms with Crippen molar-refractivity contribution < 1.29 is 13.9 Å². The summed E-state index contributed by atoms with van der Waals surface area (Å²) in [6.07, 6.45) is 2.51. The van der Waals surface area contributed by atoms with Crippen molar-refractivity contribution in [2.45, 2.75) is 26.5 Å². The Labute approximate surface area is 178 Å². The van der Waals surface area contributed by atoms with E-state index in [0.717, 1.165) is 36.9 Å². The Balaban J connectivity index is 0.00000364. The fourth-order valence-corrected chi connectivity index (χ4v) is 2.45. The van der Waals surface area contributed by atoms with Crippen molar-refractivity contribution in [3.63, 3.8) is 0 Å². The second kappa shape index (κ2) is 14.5. The number of benzene rings is 1. The highest BCUT2D eigenvalue weighted by Crippen LogP contribution is 2.07. The molecular formula is C20H30IN3O3. The number of halogens is 1. The summed E-state index contributed by atoms with van der Waals surface area (Å²) in [5.74, 6) is 1.74. The minimum absolute atomic E-state index is 0. The monoisotopic (exact) mass is 487 g/mol. The molecule has 1 aromatic heterocycles. The third kappa shape index (κ3) is 9.78. The lowest BCUT2D eigenvalue weighted by atomic mass is 10.1. The van der Waals surface area contributed by atoms with Gasteiger partial charge in [0.05, 0.1) is 26.1 Å². The molecule has 0 unspecified atom stereocenters. The van der Waals surface area contributed by atoms with E-state index in [-0.39, 0.29) is 24.0 Å². The van der Waals surface area contributed by atoms with E-state index in [9.17, 15) is 0 Å². The topological polar surface area (TPSA) is 68.0 Å². The van der Waals surface area contributed by atoms with Gasteiger partial charge in [-0.25, -0.2) is 0 Å². The highest BCUT2D eigenvalue weighted by Gasteiger charge is 2.01. The lowest BCUT2D eigenvalue weighted by molar-refractivity contribution is 0.0453. The number of nitrogens with zero attached hydrogens (tertiary/aromatic N) is 1. The summed E-state index contributed by atoms with van der Waals surface area (Å²) in [5.41, 5.74) is 2.34. The fraction of sp³-hybridized carbons (Fsp3) is 0.450. The Kier molecular flexibility index (Phi) is 12.6. The summed E-state index contributed by atoms with van der Waals surface area (Å²) in [6, 6.07) is 12.2. The summed E-state index contributed by atoms with van der Waals surface area (Å²) in [7, 11) is 1.77. The van der Waals surface area contributed by atoms with Gasteiger partial charge in [-0.2, -0.15) is 0 Å². The Bertz CT molecular complexity index is 648. The highest BCUT2D eigenvalue weighted by atomic mass is 127. The molecule has 6 nitrogen and oxygen atoms in total. The summed E-state index contributed by atoms with van der Waals surface area (Å²) in [4.78, 5) is 4.25. The van der Waals surface area contributed by atoms with Gasteiger partial charge in [-0.15, -0.1) is 24.0 Å². The molecule has 2 rings (SSSR count). The van der Waals surface area contributed by atoms with Gasteiger partial charge in [0.1, 0.15) is 5.76 Å². The third-order valence-electron chi connectivity index (χ3n) is 3.76. The third-order valence-corrected chi connectivity index (χ3v) is 3.76. The smallest absolute Gasteiger partial charge is 0.191 e. The minimum atomic E-state index is 0. The van der Waals surface area contributed by atoms with Crippen LogP contribution in [0.25, 0.3) is 0 Å². The molecule has 0 bridgehead atoms. The second-order valence-electron chi connectivity index (χ2n) is 5.75. The van der Waals surface area contributed by atoms with Crippen LogP contribution in [0.4, 0.5) is 0 Å². The van der Waals surface area contributed by atoms with Crippen molar-refractivity contribution >= 4 is 29.9 Å². The molecule has 1 aromatic carbocycles. The van der Waals surface area contributed by atoms with Crippen molar-refractivity contribution in [3.05, 3.63) is 59.5 Å². The summed E-state index contributed by atoms with van der Waals surface area (Å²) < 4.78 is 16.2. The van der Waals surface area contributed by atoms with Gasteiger partial charge >= 0.3 is 0 Å². The van der Waals surface area contributed by atoms with Crippen LogP contribution in [0.2, 0.25) is 0 Å². The molecule has 7 heteroatoms. The number of guanidine groups is 1. The van der Waals surface area contributed by atoms with E-state index in [2.05, 4.69) is 33.8 Å². The largest absolute Gasteiger partial charge is 0.469 e. The van der Waals surface area contributed by atoms with Crippen molar-refractivity contribution in [1.29, 1.82) is 0 Å². The van der Waals surface area contributed by atoms with E-state index in [0.29, 0.717) is 26.4 Å². The molecule has 27 heavy (non-hydrogen) atoms. The van der Waals surface area contributed by atoms with Gasteiger partial charge in [0, 0.05) is 33.2 Å². The number of furan rings is 1. The van der Waals surface area contributed by atoms with E-state index in [1.165, 1.54) is 5.56 Å². The van der Waals surface area contributed by atoms with Crippen LogP contribution in [-0.2, 0) is 29.0 Å². The standard InChI is InChI=1S/C20H29N3O3.HI/c1-3-24-12-13-25-16-18-7-4-6-17(14-18)15-23-20(21-2)22-10-9-19-8-5-11-26-19;/h4-8,11,14H,3,9-10,12-13,15-16H2,1-2H3,(H2,21,22,23);1H. The maximum Gasteiger partial charge on any atom is 0.191 e. The number of rotatable bonds is 11. The Morgan fingerprint density at radius 2 is 1.89 bits per heavy atom. The van der Waals surface area contributed by atoms with E-state index < -0.39 is 0 Å². The maximum atomic E-state index is 5.62. The van der Waals surface area contributed by atoms with Crippen molar-refractivity contribution in [2.24, 2.45) is 4.99 Å². The molecular weight excluding hydrogens is 457 g/mol. The molecule has 2 N–H and O–H groups in total. The number of hydrogen-bond acceptors (Lipinski definition) is 4. The molecule has 0 amide bonds. The number of nitrogens with one attached hydrogen (secondary N) is 2. The number of ether oxygens (including phenoxy) is 2. The molecule has 0 atom stereocenters. The molecule has 0 spiro atoms.